The maximum Gasteiger partial charge on any atom is 0.234 e. The highest BCUT2D eigenvalue weighted by Gasteiger charge is 2.29. The van der Waals surface area contributed by atoms with Crippen LogP contribution in [0.25, 0.3) is 0 Å². The third kappa shape index (κ3) is 5.43. The number of benzene rings is 2. The molecular weight excluding hydrogens is 398 g/mol. The predicted octanol–water partition coefficient (Wildman–Crippen LogP) is 4.10. The van der Waals surface area contributed by atoms with Crippen molar-refractivity contribution in [2.75, 3.05) is 17.7 Å². The van der Waals surface area contributed by atoms with E-state index >= 15 is 0 Å². The third-order valence-corrected chi connectivity index (χ3v) is 5.65. The molecule has 1 aliphatic heterocycles. The van der Waals surface area contributed by atoms with E-state index in [1.165, 1.54) is 0 Å². The van der Waals surface area contributed by atoms with Gasteiger partial charge in [-0.15, -0.1) is 0 Å². The first-order valence-corrected chi connectivity index (χ1v) is 10.6. The molecule has 7 heteroatoms. The summed E-state index contributed by atoms with van der Waals surface area (Å²) in [5, 5.41) is 15.8. The van der Waals surface area contributed by atoms with Crippen molar-refractivity contribution in [3.8, 4) is 11.8 Å². The average Bonchev–Trinajstić information content (AvgIpc) is 2.74. The number of carbonyl (C=O) groups is 2. The number of nitriles is 1. The van der Waals surface area contributed by atoms with Crippen LogP contribution in [0.1, 0.15) is 30.4 Å². The zero-order valence-electron chi connectivity index (χ0n) is 16.9. The van der Waals surface area contributed by atoms with E-state index in [1.807, 2.05) is 62.4 Å². The molecule has 0 radical (unpaired) electrons. The van der Waals surface area contributed by atoms with E-state index in [0.29, 0.717) is 22.9 Å². The molecule has 2 N–H and O–H groups in total. The molecule has 154 valence electrons. The van der Waals surface area contributed by atoms with Gasteiger partial charge in [0.25, 0.3) is 0 Å². The van der Waals surface area contributed by atoms with Crippen molar-refractivity contribution in [1.29, 1.82) is 5.26 Å². The van der Waals surface area contributed by atoms with Crippen LogP contribution in [0.3, 0.4) is 0 Å². The van der Waals surface area contributed by atoms with Crippen LogP contribution < -0.4 is 15.4 Å². The molecule has 6 nitrogen and oxygen atoms in total. The molecule has 1 atom stereocenters. The maximum atomic E-state index is 12.3. The van der Waals surface area contributed by atoms with E-state index in [4.69, 9.17) is 4.74 Å². The van der Waals surface area contributed by atoms with Crippen LogP contribution in [0.5, 0.6) is 5.75 Å². The Morgan fingerprint density at radius 2 is 1.93 bits per heavy atom. The number of hydrogen-bond acceptors (Lipinski definition) is 5. The van der Waals surface area contributed by atoms with Crippen LogP contribution in [0, 0.1) is 18.3 Å². The van der Waals surface area contributed by atoms with Gasteiger partial charge >= 0.3 is 0 Å². The first-order chi connectivity index (χ1) is 14.5. The number of nitrogens with one attached hydrogen (secondary N) is 2. The molecule has 0 saturated heterocycles. The Bertz CT molecular complexity index is 992. The van der Waals surface area contributed by atoms with E-state index in [0.717, 1.165) is 28.6 Å². The lowest BCUT2D eigenvalue weighted by molar-refractivity contribution is -0.121. The van der Waals surface area contributed by atoms with Gasteiger partial charge in [0.15, 0.2) is 0 Å². The monoisotopic (exact) mass is 421 g/mol. The van der Waals surface area contributed by atoms with Crippen molar-refractivity contribution in [1.82, 2.24) is 5.32 Å². The lowest BCUT2D eigenvalue weighted by Gasteiger charge is -2.25. The molecule has 1 heterocycles. The average molecular weight is 422 g/mol. The van der Waals surface area contributed by atoms with Gasteiger partial charge in [0.1, 0.15) is 5.75 Å². The van der Waals surface area contributed by atoms with E-state index in [1.54, 1.807) is 0 Å². The predicted molar refractivity (Wildman–Crippen MR) is 118 cm³/mol. The number of aryl methyl sites for hydroxylation is 1. The van der Waals surface area contributed by atoms with Gasteiger partial charge in [-0.2, -0.15) is 5.26 Å². The van der Waals surface area contributed by atoms with Gasteiger partial charge in [-0.3, -0.25) is 9.59 Å². The van der Waals surface area contributed by atoms with Crippen LogP contribution in [0.2, 0.25) is 0 Å². The van der Waals surface area contributed by atoms with E-state index in [-0.39, 0.29) is 29.9 Å². The normalized spacial score (nSPS) is 15.9. The zero-order chi connectivity index (χ0) is 21.5. The minimum Gasteiger partial charge on any atom is -0.494 e. The summed E-state index contributed by atoms with van der Waals surface area (Å²) in [6.07, 6.45) is 0.191. The number of hydrogen-bond donors (Lipinski definition) is 2. The number of allylic oxidation sites excluding steroid dienone is 1. The second-order valence-corrected chi connectivity index (χ2v) is 7.85. The fourth-order valence-electron chi connectivity index (χ4n) is 3.15. The van der Waals surface area contributed by atoms with Crippen molar-refractivity contribution < 1.29 is 14.3 Å². The van der Waals surface area contributed by atoms with Crippen LogP contribution in [-0.4, -0.2) is 24.2 Å². The van der Waals surface area contributed by atoms with Gasteiger partial charge in [0.05, 0.1) is 29.0 Å². The molecule has 3 rings (SSSR count). The number of rotatable bonds is 7. The van der Waals surface area contributed by atoms with Gasteiger partial charge in [-0.1, -0.05) is 41.6 Å². The molecule has 2 aromatic rings. The summed E-state index contributed by atoms with van der Waals surface area (Å²) < 4.78 is 5.46. The molecule has 0 aliphatic carbocycles. The molecule has 2 amide bonds. The maximum absolute atomic E-state index is 12.3. The number of ether oxygens (including phenoxy) is 1. The minimum atomic E-state index is -0.345. The van der Waals surface area contributed by atoms with E-state index < -0.39 is 0 Å². The number of carbonyl (C=O) groups excluding carboxylic acids is 2. The number of anilines is 1. The number of amides is 2. The standard InChI is InChI=1S/C23H23N3O3S/c1-3-29-18-10-6-16(7-11-18)19-12-21(27)26-23(20(19)13-24)30-14-22(28)25-17-8-4-15(2)5-9-17/h4-11,19H,3,12,14H2,1-2H3,(H,25,28)(H,26,27). The van der Waals surface area contributed by atoms with Gasteiger partial charge in [-0.25, -0.2) is 0 Å². The number of nitrogens with zero attached hydrogens (tertiary/aromatic N) is 1. The lowest BCUT2D eigenvalue weighted by Crippen LogP contribution is -2.31. The Balaban J connectivity index is 1.72. The highest BCUT2D eigenvalue weighted by molar-refractivity contribution is 8.03. The first kappa shape index (κ1) is 21.5. The molecule has 0 aromatic heterocycles. The highest BCUT2D eigenvalue weighted by Crippen LogP contribution is 2.36. The third-order valence-electron chi connectivity index (χ3n) is 4.63. The topological polar surface area (TPSA) is 91.2 Å². The van der Waals surface area contributed by atoms with Crippen LogP contribution in [-0.2, 0) is 9.59 Å². The lowest BCUT2D eigenvalue weighted by atomic mass is 9.87. The Morgan fingerprint density at radius 3 is 2.57 bits per heavy atom. The summed E-state index contributed by atoms with van der Waals surface area (Å²) in [6.45, 7) is 4.46. The largest absolute Gasteiger partial charge is 0.494 e. The summed E-state index contributed by atoms with van der Waals surface area (Å²) in [5.41, 5.74) is 3.15. The Labute approximate surface area is 180 Å². The molecule has 0 fully saturated rings. The molecule has 1 unspecified atom stereocenters. The van der Waals surface area contributed by atoms with E-state index in [9.17, 15) is 14.9 Å². The summed E-state index contributed by atoms with van der Waals surface area (Å²) in [7, 11) is 0. The van der Waals surface area contributed by atoms with Gasteiger partial charge in [0, 0.05) is 18.0 Å². The molecular formula is C23H23N3O3S. The fourth-order valence-corrected chi connectivity index (χ4v) is 4.03. The minimum absolute atomic E-state index is 0.0880. The van der Waals surface area contributed by atoms with Crippen molar-refractivity contribution in [3.05, 3.63) is 70.3 Å². The Hall–Kier alpha value is -3.24. The zero-order valence-corrected chi connectivity index (χ0v) is 17.7. The second-order valence-electron chi connectivity index (χ2n) is 6.86. The molecule has 2 aromatic carbocycles. The molecule has 0 spiro atoms. The Kier molecular flexibility index (Phi) is 7.15. The van der Waals surface area contributed by atoms with Crippen molar-refractivity contribution in [2.24, 2.45) is 0 Å². The summed E-state index contributed by atoms with van der Waals surface area (Å²) in [5.74, 6) is 0.110. The van der Waals surface area contributed by atoms with Gasteiger partial charge in [-0.05, 0) is 43.7 Å². The molecule has 0 saturated carbocycles. The van der Waals surface area contributed by atoms with Crippen LogP contribution in [0.4, 0.5) is 5.69 Å². The second kappa shape index (κ2) is 9.99. The smallest absolute Gasteiger partial charge is 0.234 e. The SMILES string of the molecule is CCOc1ccc(C2CC(=O)NC(SCC(=O)Nc3ccc(C)cc3)=C2C#N)cc1. The molecule has 1 aliphatic rings. The number of thioether (sulfide) groups is 1. The highest BCUT2D eigenvalue weighted by atomic mass is 32.2. The van der Waals surface area contributed by atoms with E-state index in [2.05, 4.69) is 16.7 Å². The van der Waals surface area contributed by atoms with Crippen LogP contribution in [0.15, 0.2) is 59.1 Å². The molecule has 0 bridgehead atoms. The van der Waals surface area contributed by atoms with Gasteiger partial charge < -0.3 is 15.4 Å². The van der Waals surface area contributed by atoms with Crippen molar-refractivity contribution in [3.63, 3.8) is 0 Å². The summed E-state index contributed by atoms with van der Waals surface area (Å²) >= 11 is 1.16. The van der Waals surface area contributed by atoms with Crippen molar-refractivity contribution >= 4 is 29.3 Å². The van der Waals surface area contributed by atoms with Gasteiger partial charge in [0.2, 0.25) is 11.8 Å². The summed E-state index contributed by atoms with van der Waals surface area (Å²) in [6, 6.07) is 17.1. The first-order valence-electron chi connectivity index (χ1n) is 9.66. The van der Waals surface area contributed by atoms with Crippen molar-refractivity contribution in [2.45, 2.75) is 26.2 Å². The Morgan fingerprint density at radius 1 is 1.23 bits per heavy atom. The summed E-state index contributed by atoms with van der Waals surface area (Å²) in [4.78, 5) is 24.6. The van der Waals surface area contributed by atoms with Crippen LogP contribution >= 0.6 is 11.8 Å². The molecule has 30 heavy (non-hydrogen) atoms. The fraction of sp³-hybridized carbons (Fsp3) is 0.261. The quantitative estimate of drug-likeness (QED) is 0.702.